The van der Waals surface area contributed by atoms with Gasteiger partial charge in [-0.2, -0.15) is 13.2 Å². The van der Waals surface area contributed by atoms with Gasteiger partial charge in [0.05, 0.1) is 5.56 Å². The molecule has 1 aliphatic carbocycles. The van der Waals surface area contributed by atoms with Crippen molar-refractivity contribution in [2.75, 3.05) is 0 Å². The van der Waals surface area contributed by atoms with Crippen LogP contribution in [0.5, 0.6) is 0 Å². The SMILES string of the molecule is O=C1CCc2cc(-c3ccccc3C(F)(F)F)ccc2C1. The molecule has 0 aliphatic heterocycles. The Morgan fingerprint density at radius 1 is 0.905 bits per heavy atom. The third-order valence-electron chi connectivity index (χ3n) is 3.81. The molecule has 0 atom stereocenters. The molecule has 0 saturated carbocycles. The molecular weight excluding hydrogens is 277 g/mol. The summed E-state index contributed by atoms with van der Waals surface area (Å²) >= 11 is 0. The van der Waals surface area contributed by atoms with Crippen molar-refractivity contribution in [3.05, 3.63) is 59.2 Å². The molecule has 1 nitrogen and oxygen atoms in total. The van der Waals surface area contributed by atoms with E-state index >= 15 is 0 Å². The lowest BCUT2D eigenvalue weighted by Gasteiger charge is -2.18. The van der Waals surface area contributed by atoms with Crippen LogP contribution < -0.4 is 0 Å². The van der Waals surface area contributed by atoms with E-state index in [9.17, 15) is 18.0 Å². The van der Waals surface area contributed by atoms with Crippen LogP contribution in [0.3, 0.4) is 0 Å². The van der Waals surface area contributed by atoms with Crippen molar-refractivity contribution in [3.8, 4) is 11.1 Å². The molecule has 3 rings (SSSR count). The first-order valence-electron chi connectivity index (χ1n) is 6.75. The predicted molar refractivity (Wildman–Crippen MR) is 73.9 cm³/mol. The Kier molecular flexibility index (Phi) is 3.32. The van der Waals surface area contributed by atoms with Gasteiger partial charge in [-0.1, -0.05) is 36.4 Å². The van der Waals surface area contributed by atoms with Crippen molar-refractivity contribution in [3.63, 3.8) is 0 Å². The molecule has 108 valence electrons. The number of fused-ring (bicyclic) bond motifs is 1. The number of hydrogen-bond donors (Lipinski definition) is 0. The Labute approximate surface area is 120 Å². The summed E-state index contributed by atoms with van der Waals surface area (Å²) in [5.41, 5.74) is 2.01. The molecule has 0 fully saturated rings. The third-order valence-corrected chi connectivity index (χ3v) is 3.81. The fourth-order valence-corrected chi connectivity index (χ4v) is 2.76. The summed E-state index contributed by atoms with van der Waals surface area (Å²) in [5.74, 6) is 0.186. The smallest absolute Gasteiger partial charge is 0.299 e. The Morgan fingerprint density at radius 2 is 1.67 bits per heavy atom. The van der Waals surface area contributed by atoms with Crippen LogP contribution in [0.4, 0.5) is 13.2 Å². The second-order valence-corrected chi connectivity index (χ2v) is 5.24. The second kappa shape index (κ2) is 5.02. The number of rotatable bonds is 1. The number of aryl methyl sites for hydroxylation is 1. The number of Topliss-reactive ketones (excluding diaryl/α,β-unsaturated/α-hetero) is 1. The second-order valence-electron chi connectivity index (χ2n) is 5.24. The number of halogens is 3. The highest BCUT2D eigenvalue weighted by Gasteiger charge is 2.33. The maximum absolute atomic E-state index is 13.1. The number of benzene rings is 2. The molecule has 0 bridgehead atoms. The van der Waals surface area contributed by atoms with E-state index in [1.165, 1.54) is 12.1 Å². The number of alkyl halides is 3. The van der Waals surface area contributed by atoms with Gasteiger partial charge >= 0.3 is 6.18 Å². The summed E-state index contributed by atoms with van der Waals surface area (Å²) in [6.45, 7) is 0. The molecule has 0 radical (unpaired) electrons. The Balaban J connectivity index is 2.08. The summed E-state index contributed by atoms with van der Waals surface area (Å²) < 4.78 is 39.2. The Hall–Kier alpha value is -2.10. The van der Waals surface area contributed by atoms with Crippen LogP contribution in [0.1, 0.15) is 23.1 Å². The quantitative estimate of drug-likeness (QED) is 0.759. The lowest BCUT2D eigenvalue weighted by atomic mass is 9.87. The van der Waals surface area contributed by atoms with Crippen LogP contribution >= 0.6 is 0 Å². The van der Waals surface area contributed by atoms with Gasteiger partial charge in [0.15, 0.2) is 0 Å². The Morgan fingerprint density at radius 3 is 2.43 bits per heavy atom. The van der Waals surface area contributed by atoms with Crippen molar-refractivity contribution >= 4 is 5.78 Å². The van der Waals surface area contributed by atoms with Crippen LogP contribution in [0.25, 0.3) is 11.1 Å². The Bertz CT molecular complexity index is 701. The molecule has 0 N–H and O–H groups in total. The molecule has 2 aromatic rings. The van der Waals surface area contributed by atoms with Crippen LogP contribution in [0, 0.1) is 0 Å². The van der Waals surface area contributed by atoms with Gasteiger partial charge in [-0.05, 0) is 34.7 Å². The molecular formula is C17H13F3O. The molecule has 21 heavy (non-hydrogen) atoms. The summed E-state index contributed by atoms with van der Waals surface area (Å²) in [6, 6.07) is 10.8. The summed E-state index contributed by atoms with van der Waals surface area (Å²) in [7, 11) is 0. The minimum absolute atomic E-state index is 0.185. The maximum Gasteiger partial charge on any atom is 0.417 e. The first-order chi connectivity index (χ1) is 9.95. The van der Waals surface area contributed by atoms with Gasteiger partial charge in [-0.3, -0.25) is 4.79 Å². The zero-order chi connectivity index (χ0) is 15.0. The van der Waals surface area contributed by atoms with E-state index in [1.54, 1.807) is 24.3 Å². The fraction of sp³-hybridized carbons (Fsp3) is 0.235. The molecule has 0 unspecified atom stereocenters. The van der Waals surface area contributed by atoms with Crippen LogP contribution in [0.2, 0.25) is 0 Å². The largest absolute Gasteiger partial charge is 0.417 e. The van der Waals surface area contributed by atoms with Crippen molar-refractivity contribution in [1.29, 1.82) is 0 Å². The van der Waals surface area contributed by atoms with Crippen molar-refractivity contribution < 1.29 is 18.0 Å². The molecule has 0 spiro atoms. The van der Waals surface area contributed by atoms with Crippen molar-refractivity contribution in [2.45, 2.75) is 25.4 Å². The van der Waals surface area contributed by atoms with Crippen LogP contribution in [-0.4, -0.2) is 5.78 Å². The lowest BCUT2D eigenvalue weighted by molar-refractivity contribution is -0.137. The third kappa shape index (κ3) is 2.71. The van der Waals surface area contributed by atoms with E-state index < -0.39 is 11.7 Å². The molecule has 4 heteroatoms. The first kappa shape index (κ1) is 13.9. The van der Waals surface area contributed by atoms with E-state index in [1.807, 2.05) is 0 Å². The molecule has 0 amide bonds. The van der Waals surface area contributed by atoms with E-state index in [0.717, 1.165) is 17.2 Å². The average Bonchev–Trinajstić information content (AvgIpc) is 2.46. The highest BCUT2D eigenvalue weighted by molar-refractivity contribution is 5.84. The highest BCUT2D eigenvalue weighted by Crippen LogP contribution is 2.37. The zero-order valence-electron chi connectivity index (χ0n) is 11.2. The minimum Gasteiger partial charge on any atom is -0.299 e. The molecule has 1 aliphatic rings. The van der Waals surface area contributed by atoms with Gasteiger partial charge in [0, 0.05) is 12.8 Å². The first-order valence-corrected chi connectivity index (χ1v) is 6.75. The summed E-state index contributed by atoms with van der Waals surface area (Å²) in [6.07, 6.45) is -2.91. The zero-order valence-corrected chi connectivity index (χ0v) is 11.2. The maximum atomic E-state index is 13.1. The predicted octanol–water partition coefficient (Wildman–Crippen LogP) is 4.43. The van der Waals surface area contributed by atoms with E-state index in [0.29, 0.717) is 24.8 Å². The van der Waals surface area contributed by atoms with E-state index in [4.69, 9.17) is 0 Å². The van der Waals surface area contributed by atoms with Gasteiger partial charge in [0.2, 0.25) is 0 Å². The fourth-order valence-electron chi connectivity index (χ4n) is 2.76. The lowest BCUT2D eigenvalue weighted by Crippen LogP contribution is -2.13. The minimum atomic E-state index is -4.37. The van der Waals surface area contributed by atoms with Crippen LogP contribution in [-0.2, 0) is 23.8 Å². The van der Waals surface area contributed by atoms with Crippen molar-refractivity contribution in [1.82, 2.24) is 0 Å². The monoisotopic (exact) mass is 290 g/mol. The number of hydrogen-bond acceptors (Lipinski definition) is 1. The number of carbonyl (C=O) groups excluding carboxylic acids is 1. The standard InChI is InChI=1S/C17H13F3O/c18-17(19,20)16-4-2-1-3-15(16)13-6-5-12-10-14(21)8-7-11(12)9-13/h1-6,9H,7-8,10H2. The van der Waals surface area contributed by atoms with Gasteiger partial charge in [-0.25, -0.2) is 0 Å². The van der Waals surface area contributed by atoms with Gasteiger partial charge < -0.3 is 0 Å². The summed E-state index contributed by atoms with van der Waals surface area (Å²) in [4.78, 5) is 11.4. The highest BCUT2D eigenvalue weighted by atomic mass is 19.4. The molecule has 2 aromatic carbocycles. The average molecular weight is 290 g/mol. The molecule has 0 aromatic heterocycles. The van der Waals surface area contributed by atoms with Crippen molar-refractivity contribution in [2.24, 2.45) is 0 Å². The van der Waals surface area contributed by atoms with Gasteiger partial charge in [0.25, 0.3) is 0 Å². The topological polar surface area (TPSA) is 17.1 Å². The van der Waals surface area contributed by atoms with Gasteiger partial charge in [0.1, 0.15) is 5.78 Å². The molecule has 0 saturated heterocycles. The normalized spacial score (nSPS) is 14.9. The number of carbonyl (C=O) groups is 1. The number of ketones is 1. The van der Waals surface area contributed by atoms with E-state index in [2.05, 4.69) is 0 Å². The summed E-state index contributed by atoms with van der Waals surface area (Å²) in [5, 5.41) is 0. The molecule has 0 heterocycles. The van der Waals surface area contributed by atoms with E-state index in [-0.39, 0.29) is 11.3 Å². The van der Waals surface area contributed by atoms with Gasteiger partial charge in [-0.15, -0.1) is 0 Å². The van der Waals surface area contributed by atoms with Crippen LogP contribution in [0.15, 0.2) is 42.5 Å².